The average molecular weight is 275 g/mol. The van der Waals surface area contributed by atoms with E-state index in [9.17, 15) is 13.2 Å². The van der Waals surface area contributed by atoms with Crippen molar-refractivity contribution < 1.29 is 13.2 Å². The second-order valence-electron chi connectivity index (χ2n) is 3.57. The van der Waals surface area contributed by atoms with Gasteiger partial charge in [-0.15, -0.1) is 0 Å². The number of aromatic nitrogens is 2. The zero-order chi connectivity index (χ0) is 13.8. The molecule has 0 saturated heterocycles. The first-order chi connectivity index (χ1) is 8.39. The monoisotopic (exact) mass is 275 g/mol. The standard InChI is InChI=1S/C9H17N5O3S/c1-3-14-6-7(10)8(13-14)9(15)12-4-5-18(16,17)11-2/h6,11H,3-5,10H2,1-2H3,(H,12,15). The van der Waals surface area contributed by atoms with Gasteiger partial charge in [0.05, 0.1) is 11.4 Å². The molecule has 0 fully saturated rings. The molecule has 0 bridgehead atoms. The quantitative estimate of drug-likeness (QED) is 0.600. The molecule has 1 aromatic heterocycles. The molecule has 0 aliphatic carbocycles. The first-order valence-electron chi connectivity index (χ1n) is 5.42. The molecule has 0 aliphatic heterocycles. The summed E-state index contributed by atoms with van der Waals surface area (Å²) in [5, 5.41) is 6.43. The van der Waals surface area contributed by atoms with E-state index < -0.39 is 15.9 Å². The van der Waals surface area contributed by atoms with Gasteiger partial charge >= 0.3 is 0 Å². The molecular weight excluding hydrogens is 258 g/mol. The predicted molar refractivity (Wildman–Crippen MR) is 67.5 cm³/mol. The smallest absolute Gasteiger partial charge is 0.273 e. The van der Waals surface area contributed by atoms with Crippen LogP contribution < -0.4 is 15.8 Å². The van der Waals surface area contributed by atoms with Crippen LogP contribution in [-0.4, -0.2) is 43.5 Å². The Morgan fingerprint density at radius 1 is 1.56 bits per heavy atom. The van der Waals surface area contributed by atoms with E-state index in [1.54, 1.807) is 6.20 Å². The number of sulfonamides is 1. The molecule has 1 aromatic rings. The maximum absolute atomic E-state index is 11.7. The summed E-state index contributed by atoms with van der Waals surface area (Å²) >= 11 is 0. The van der Waals surface area contributed by atoms with Crippen molar-refractivity contribution in [3.8, 4) is 0 Å². The number of rotatable bonds is 6. The number of amides is 1. The molecule has 0 spiro atoms. The Morgan fingerprint density at radius 2 is 2.22 bits per heavy atom. The lowest BCUT2D eigenvalue weighted by atomic mass is 10.3. The lowest BCUT2D eigenvalue weighted by molar-refractivity contribution is 0.0951. The highest BCUT2D eigenvalue weighted by Gasteiger charge is 2.15. The van der Waals surface area contributed by atoms with E-state index >= 15 is 0 Å². The van der Waals surface area contributed by atoms with Crippen molar-refractivity contribution >= 4 is 21.6 Å². The number of carbonyl (C=O) groups is 1. The molecule has 0 radical (unpaired) electrons. The topological polar surface area (TPSA) is 119 Å². The van der Waals surface area contributed by atoms with Gasteiger partial charge in [-0.3, -0.25) is 9.48 Å². The first kappa shape index (κ1) is 14.5. The van der Waals surface area contributed by atoms with E-state index in [4.69, 9.17) is 5.73 Å². The van der Waals surface area contributed by atoms with Crippen molar-refractivity contribution in [2.24, 2.45) is 0 Å². The fraction of sp³-hybridized carbons (Fsp3) is 0.556. The molecule has 8 nitrogen and oxygen atoms in total. The zero-order valence-electron chi connectivity index (χ0n) is 10.3. The van der Waals surface area contributed by atoms with Gasteiger partial charge in [-0.1, -0.05) is 0 Å². The van der Waals surface area contributed by atoms with Crippen molar-refractivity contribution in [2.75, 3.05) is 25.1 Å². The summed E-state index contributed by atoms with van der Waals surface area (Å²) in [5.74, 6) is -0.671. The molecule has 0 aliphatic rings. The Bertz CT molecular complexity index is 522. The van der Waals surface area contributed by atoms with Crippen LogP contribution in [0.3, 0.4) is 0 Å². The van der Waals surface area contributed by atoms with E-state index in [2.05, 4.69) is 15.1 Å². The van der Waals surface area contributed by atoms with Gasteiger partial charge in [0.15, 0.2) is 5.69 Å². The Kier molecular flexibility index (Phi) is 4.68. The maximum Gasteiger partial charge on any atom is 0.273 e. The summed E-state index contributed by atoms with van der Waals surface area (Å²) in [7, 11) is -2.01. The van der Waals surface area contributed by atoms with Crippen LogP contribution >= 0.6 is 0 Å². The van der Waals surface area contributed by atoms with Gasteiger partial charge in [0.25, 0.3) is 5.91 Å². The number of aryl methyl sites for hydroxylation is 1. The normalized spacial score (nSPS) is 11.4. The van der Waals surface area contributed by atoms with Crippen molar-refractivity contribution in [1.29, 1.82) is 0 Å². The Labute approximate surface area is 106 Å². The summed E-state index contributed by atoms with van der Waals surface area (Å²) in [6.07, 6.45) is 1.55. The van der Waals surface area contributed by atoms with Crippen LogP contribution in [0.2, 0.25) is 0 Å². The summed E-state index contributed by atoms with van der Waals surface area (Å²) in [4.78, 5) is 11.7. The van der Waals surface area contributed by atoms with E-state index in [1.807, 2.05) is 6.92 Å². The minimum Gasteiger partial charge on any atom is -0.396 e. The molecule has 1 heterocycles. The minimum absolute atomic E-state index is 0.000428. The highest BCUT2D eigenvalue weighted by molar-refractivity contribution is 7.89. The lowest BCUT2D eigenvalue weighted by Crippen LogP contribution is -2.33. The lowest BCUT2D eigenvalue weighted by Gasteiger charge is -2.04. The van der Waals surface area contributed by atoms with Gasteiger partial charge in [0, 0.05) is 19.3 Å². The molecule has 0 saturated carbocycles. The minimum atomic E-state index is -3.33. The third-order valence-corrected chi connectivity index (χ3v) is 3.66. The first-order valence-corrected chi connectivity index (χ1v) is 7.07. The molecular formula is C9H17N5O3S. The van der Waals surface area contributed by atoms with Gasteiger partial charge in [-0.05, 0) is 14.0 Å². The van der Waals surface area contributed by atoms with Crippen LogP contribution in [0.1, 0.15) is 17.4 Å². The molecule has 1 amide bonds. The van der Waals surface area contributed by atoms with Gasteiger partial charge in [0.1, 0.15) is 0 Å². The zero-order valence-corrected chi connectivity index (χ0v) is 11.1. The Morgan fingerprint density at radius 3 is 2.72 bits per heavy atom. The van der Waals surface area contributed by atoms with E-state index in [0.717, 1.165) is 0 Å². The fourth-order valence-electron chi connectivity index (χ4n) is 1.26. The van der Waals surface area contributed by atoms with Crippen LogP contribution in [0.5, 0.6) is 0 Å². The van der Waals surface area contributed by atoms with Crippen LogP contribution in [0.4, 0.5) is 5.69 Å². The number of nitrogen functional groups attached to an aromatic ring is 1. The molecule has 1 rings (SSSR count). The summed E-state index contributed by atoms with van der Waals surface area (Å²) in [5.41, 5.74) is 6.01. The molecule has 18 heavy (non-hydrogen) atoms. The maximum atomic E-state index is 11.7. The predicted octanol–water partition coefficient (Wildman–Crippen LogP) is -1.24. The van der Waals surface area contributed by atoms with Crippen molar-refractivity contribution in [3.05, 3.63) is 11.9 Å². The van der Waals surface area contributed by atoms with Crippen LogP contribution in [0, 0.1) is 0 Å². The second-order valence-corrected chi connectivity index (χ2v) is 5.61. The summed E-state index contributed by atoms with van der Waals surface area (Å²) in [6.45, 7) is 2.47. The van der Waals surface area contributed by atoms with Crippen molar-refractivity contribution in [2.45, 2.75) is 13.5 Å². The van der Waals surface area contributed by atoms with Gasteiger partial charge < -0.3 is 11.1 Å². The van der Waals surface area contributed by atoms with Crippen LogP contribution in [0.25, 0.3) is 0 Å². The Balaban J connectivity index is 2.58. The number of nitrogens with zero attached hydrogens (tertiary/aromatic N) is 2. The molecule has 0 unspecified atom stereocenters. The van der Waals surface area contributed by atoms with E-state index in [-0.39, 0.29) is 23.7 Å². The number of nitrogens with two attached hydrogens (primary N) is 1. The number of anilines is 1. The van der Waals surface area contributed by atoms with Crippen molar-refractivity contribution in [1.82, 2.24) is 19.8 Å². The highest BCUT2D eigenvalue weighted by atomic mass is 32.2. The number of hydrogen-bond donors (Lipinski definition) is 3. The molecule has 102 valence electrons. The number of carbonyl (C=O) groups excluding carboxylic acids is 1. The van der Waals surface area contributed by atoms with Crippen LogP contribution in [0.15, 0.2) is 6.20 Å². The highest BCUT2D eigenvalue weighted by Crippen LogP contribution is 2.08. The summed E-state index contributed by atoms with van der Waals surface area (Å²) in [6, 6.07) is 0. The molecule has 9 heteroatoms. The van der Waals surface area contributed by atoms with Gasteiger partial charge in [-0.2, -0.15) is 5.10 Å². The number of nitrogens with one attached hydrogen (secondary N) is 2. The molecule has 0 atom stereocenters. The van der Waals surface area contributed by atoms with Crippen molar-refractivity contribution in [3.63, 3.8) is 0 Å². The Hall–Kier alpha value is -1.61. The van der Waals surface area contributed by atoms with Crippen LogP contribution in [-0.2, 0) is 16.6 Å². The number of hydrogen-bond acceptors (Lipinski definition) is 5. The van der Waals surface area contributed by atoms with E-state index in [0.29, 0.717) is 6.54 Å². The van der Waals surface area contributed by atoms with E-state index in [1.165, 1.54) is 11.7 Å². The van der Waals surface area contributed by atoms with Gasteiger partial charge in [-0.25, -0.2) is 13.1 Å². The molecule has 0 aromatic carbocycles. The second kappa shape index (κ2) is 5.83. The average Bonchev–Trinajstić information content (AvgIpc) is 2.70. The summed E-state index contributed by atoms with van der Waals surface area (Å²) < 4.78 is 25.9. The molecule has 4 N–H and O–H groups in total. The third kappa shape index (κ3) is 3.70. The largest absolute Gasteiger partial charge is 0.396 e. The fourth-order valence-corrected chi connectivity index (χ4v) is 1.83. The van der Waals surface area contributed by atoms with Gasteiger partial charge in [0.2, 0.25) is 10.0 Å². The SMILES string of the molecule is CCn1cc(N)c(C(=O)NCCS(=O)(=O)NC)n1. The third-order valence-electron chi connectivity index (χ3n) is 2.30.